The van der Waals surface area contributed by atoms with Crippen LogP contribution in [0.5, 0.6) is 0 Å². The minimum atomic E-state index is 0.391. The summed E-state index contributed by atoms with van der Waals surface area (Å²) in [7, 11) is 0. The van der Waals surface area contributed by atoms with Crippen LogP contribution in [0, 0.1) is 11.8 Å². The summed E-state index contributed by atoms with van der Waals surface area (Å²) in [4.78, 5) is 0. The highest BCUT2D eigenvalue weighted by molar-refractivity contribution is 6.30. The number of halogens is 1. The van der Waals surface area contributed by atoms with Crippen LogP contribution in [-0.2, 0) is 0 Å². The van der Waals surface area contributed by atoms with Gasteiger partial charge in [-0.15, -0.1) is 0 Å². The first-order valence-electron chi connectivity index (χ1n) is 3.27. The smallest absolute Gasteiger partial charge is 0.0555 e. The molecule has 0 aromatic heterocycles. The molecule has 1 aromatic rings. The van der Waals surface area contributed by atoms with Crippen molar-refractivity contribution >= 4 is 11.6 Å². The molecule has 0 radical (unpaired) electrons. The van der Waals surface area contributed by atoms with Gasteiger partial charge in [-0.1, -0.05) is 23.4 Å². The van der Waals surface area contributed by atoms with E-state index in [4.69, 9.17) is 17.3 Å². The highest BCUT2D eigenvalue weighted by atomic mass is 35.5. The molecular weight excluding hydrogens is 158 g/mol. The average molecular weight is 166 g/mol. The predicted molar refractivity (Wildman–Crippen MR) is 47.4 cm³/mol. The molecule has 0 heterocycles. The third kappa shape index (κ3) is 2.63. The number of nitrogens with two attached hydrogens (primary N) is 1. The second-order valence-electron chi connectivity index (χ2n) is 2.01. The van der Waals surface area contributed by atoms with Crippen LogP contribution in [0.2, 0.25) is 5.02 Å². The fraction of sp³-hybridized carbons (Fsp3) is 0.111. The lowest BCUT2D eigenvalue weighted by Crippen LogP contribution is -1.92. The Balaban J connectivity index is 2.82. The summed E-state index contributed by atoms with van der Waals surface area (Å²) in [6.07, 6.45) is 0. The Morgan fingerprint density at radius 3 is 2.45 bits per heavy atom. The molecule has 0 bridgehead atoms. The van der Waals surface area contributed by atoms with Gasteiger partial charge in [-0.3, -0.25) is 0 Å². The van der Waals surface area contributed by atoms with Crippen LogP contribution >= 0.6 is 11.6 Å². The monoisotopic (exact) mass is 165 g/mol. The fourth-order valence-electron chi connectivity index (χ4n) is 0.686. The first-order chi connectivity index (χ1) is 5.33. The van der Waals surface area contributed by atoms with Gasteiger partial charge < -0.3 is 5.73 Å². The third-order valence-corrected chi connectivity index (χ3v) is 1.43. The number of hydrogen-bond acceptors (Lipinski definition) is 1. The van der Waals surface area contributed by atoms with Crippen LogP contribution in [0.4, 0.5) is 0 Å². The standard InChI is InChI=1S/C9H8ClN/c10-9-5-3-8(4-6-9)2-1-7-11/h3-6H,7,11H2. The minimum Gasteiger partial charge on any atom is -0.320 e. The van der Waals surface area contributed by atoms with Crippen LogP contribution in [-0.4, -0.2) is 6.54 Å². The summed E-state index contributed by atoms with van der Waals surface area (Å²) in [6, 6.07) is 7.35. The quantitative estimate of drug-likeness (QED) is 0.582. The van der Waals surface area contributed by atoms with Crippen LogP contribution < -0.4 is 5.73 Å². The molecule has 0 atom stereocenters. The Morgan fingerprint density at radius 2 is 1.91 bits per heavy atom. The van der Waals surface area contributed by atoms with E-state index in [1.54, 1.807) is 0 Å². The summed E-state index contributed by atoms with van der Waals surface area (Å²) in [5, 5.41) is 0.725. The Labute approximate surface area is 71.2 Å². The fourth-order valence-corrected chi connectivity index (χ4v) is 0.812. The summed E-state index contributed by atoms with van der Waals surface area (Å²) in [5.74, 6) is 5.66. The Kier molecular flexibility index (Phi) is 2.97. The van der Waals surface area contributed by atoms with Gasteiger partial charge in [-0.2, -0.15) is 0 Å². The van der Waals surface area contributed by atoms with Crippen molar-refractivity contribution in [2.45, 2.75) is 0 Å². The predicted octanol–water partition coefficient (Wildman–Crippen LogP) is 1.65. The van der Waals surface area contributed by atoms with E-state index in [2.05, 4.69) is 11.8 Å². The van der Waals surface area contributed by atoms with Crippen molar-refractivity contribution in [1.29, 1.82) is 0 Å². The first-order valence-corrected chi connectivity index (χ1v) is 3.65. The molecule has 2 N–H and O–H groups in total. The lowest BCUT2D eigenvalue weighted by atomic mass is 10.2. The first kappa shape index (κ1) is 8.13. The van der Waals surface area contributed by atoms with E-state index in [1.165, 1.54) is 0 Å². The summed E-state index contributed by atoms with van der Waals surface area (Å²) in [5.41, 5.74) is 6.15. The van der Waals surface area contributed by atoms with E-state index in [1.807, 2.05) is 24.3 Å². The van der Waals surface area contributed by atoms with E-state index < -0.39 is 0 Å². The average Bonchev–Trinajstić information content (AvgIpc) is 2.04. The van der Waals surface area contributed by atoms with Gasteiger partial charge in [0.15, 0.2) is 0 Å². The van der Waals surface area contributed by atoms with E-state index >= 15 is 0 Å². The maximum absolute atomic E-state index is 5.67. The second kappa shape index (κ2) is 4.02. The topological polar surface area (TPSA) is 26.0 Å². The molecule has 1 rings (SSSR count). The molecule has 0 spiro atoms. The van der Waals surface area contributed by atoms with Crippen molar-refractivity contribution in [2.75, 3.05) is 6.54 Å². The number of rotatable bonds is 0. The molecule has 0 unspecified atom stereocenters. The zero-order valence-corrected chi connectivity index (χ0v) is 6.73. The van der Waals surface area contributed by atoms with Gasteiger partial charge in [0.05, 0.1) is 6.54 Å². The maximum atomic E-state index is 5.67. The van der Waals surface area contributed by atoms with Crippen molar-refractivity contribution in [1.82, 2.24) is 0 Å². The van der Waals surface area contributed by atoms with Crippen LogP contribution in [0.3, 0.4) is 0 Å². The van der Waals surface area contributed by atoms with Gasteiger partial charge >= 0.3 is 0 Å². The van der Waals surface area contributed by atoms with E-state index in [0.29, 0.717) is 6.54 Å². The molecule has 0 saturated carbocycles. The SMILES string of the molecule is NCC#Cc1ccc(Cl)cc1. The largest absolute Gasteiger partial charge is 0.320 e. The molecule has 0 aliphatic rings. The maximum Gasteiger partial charge on any atom is 0.0555 e. The number of benzene rings is 1. The van der Waals surface area contributed by atoms with Gasteiger partial charge in [-0.05, 0) is 24.3 Å². The molecule has 2 heteroatoms. The Bertz CT molecular complexity index is 279. The van der Waals surface area contributed by atoms with Gasteiger partial charge in [0.1, 0.15) is 0 Å². The second-order valence-corrected chi connectivity index (χ2v) is 2.45. The highest BCUT2D eigenvalue weighted by Crippen LogP contribution is 2.07. The van der Waals surface area contributed by atoms with Gasteiger partial charge in [0.2, 0.25) is 0 Å². The minimum absolute atomic E-state index is 0.391. The van der Waals surface area contributed by atoms with Crippen LogP contribution in [0.25, 0.3) is 0 Å². The Hall–Kier alpha value is -0.970. The summed E-state index contributed by atoms with van der Waals surface area (Å²) >= 11 is 5.67. The normalized spacial score (nSPS) is 8.55. The molecule has 1 aromatic carbocycles. The Morgan fingerprint density at radius 1 is 1.27 bits per heavy atom. The molecule has 0 fully saturated rings. The zero-order chi connectivity index (χ0) is 8.10. The van der Waals surface area contributed by atoms with E-state index in [-0.39, 0.29) is 0 Å². The molecule has 0 aliphatic carbocycles. The van der Waals surface area contributed by atoms with Crippen molar-refractivity contribution in [3.05, 3.63) is 34.9 Å². The van der Waals surface area contributed by atoms with Crippen LogP contribution in [0.15, 0.2) is 24.3 Å². The molecule has 0 amide bonds. The molecule has 56 valence electrons. The molecular formula is C9H8ClN. The van der Waals surface area contributed by atoms with Crippen LogP contribution in [0.1, 0.15) is 5.56 Å². The number of hydrogen-bond donors (Lipinski definition) is 1. The van der Waals surface area contributed by atoms with Gasteiger partial charge in [0, 0.05) is 10.6 Å². The van der Waals surface area contributed by atoms with Gasteiger partial charge in [0.25, 0.3) is 0 Å². The lowest BCUT2D eigenvalue weighted by molar-refractivity contribution is 1.30. The highest BCUT2D eigenvalue weighted by Gasteiger charge is 1.85. The van der Waals surface area contributed by atoms with E-state index in [0.717, 1.165) is 10.6 Å². The lowest BCUT2D eigenvalue weighted by Gasteiger charge is -1.88. The molecule has 0 saturated heterocycles. The van der Waals surface area contributed by atoms with Crippen molar-refractivity contribution in [3.63, 3.8) is 0 Å². The van der Waals surface area contributed by atoms with E-state index in [9.17, 15) is 0 Å². The summed E-state index contributed by atoms with van der Waals surface area (Å²) < 4.78 is 0. The summed E-state index contributed by atoms with van der Waals surface area (Å²) in [6.45, 7) is 0.391. The van der Waals surface area contributed by atoms with Crippen molar-refractivity contribution < 1.29 is 0 Å². The third-order valence-electron chi connectivity index (χ3n) is 1.18. The molecule has 1 nitrogen and oxygen atoms in total. The molecule has 11 heavy (non-hydrogen) atoms. The molecule has 0 aliphatic heterocycles. The van der Waals surface area contributed by atoms with Crippen molar-refractivity contribution in [2.24, 2.45) is 5.73 Å². The van der Waals surface area contributed by atoms with Gasteiger partial charge in [-0.25, -0.2) is 0 Å². The zero-order valence-electron chi connectivity index (χ0n) is 5.97. The van der Waals surface area contributed by atoms with Crippen molar-refractivity contribution in [3.8, 4) is 11.8 Å².